The quantitative estimate of drug-likeness (QED) is 0.0307. The molecule has 3 amide bonds. The molecular weight excluding hydrogens is 1070 g/mol. The number of rotatable bonds is 30. The smallest absolute Gasteiger partial charge is 0.550 e. The van der Waals surface area contributed by atoms with Gasteiger partial charge in [-0.3, -0.25) is 14.4 Å². The van der Waals surface area contributed by atoms with Crippen LogP contribution >= 0.6 is 0 Å². The molecule has 0 aliphatic rings. The number of carbonyl (C=O) groups is 9. The first-order valence-electron chi connectivity index (χ1n) is 26.9. The van der Waals surface area contributed by atoms with Crippen molar-refractivity contribution in [2.24, 2.45) is 16.2 Å². The van der Waals surface area contributed by atoms with Crippen LogP contribution in [-0.2, 0) is 76.6 Å². The summed E-state index contributed by atoms with van der Waals surface area (Å²) in [4.78, 5) is 107. The number of esters is 3. The zero-order valence-corrected chi connectivity index (χ0v) is 51.0. The van der Waals surface area contributed by atoms with Gasteiger partial charge in [0, 0.05) is 56.4 Å². The summed E-state index contributed by atoms with van der Waals surface area (Å²) in [7, 11) is 3.73. The van der Waals surface area contributed by atoms with Crippen LogP contribution < -0.4 is 47.2 Å². The summed E-state index contributed by atoms with van der Waals surface area (Å²) >= 11 is 0. The van der Waals surface area contributed by atoms with Gasteiger partial charge in [0.25, 0.3) is 0 Å². The summed E-state index contributed by atoms with van der Waals surface area (Å²) in [6.45, 7) is 19.9. The van der Waals surface area contributed by atoms with Gasteiger partial charge < -0.3 is 75.8 Å². The Balaban J connectivity index is 0.00000119. The Kier molecular flexibility index (Phi) is 35.7. The monoisotopic (exact) mass is 1160 g/mol. The Morgan fingerprint density at radius 2 is 0.585 bits per heavy atom. The number of hydrogen-bond donors (Lipinski definition) is 6. The fraction of sp³-hybridized carbons (Fsp3) is 0.550. The largest absolute Gasteiger partial charge is 3.00 e. The Hall–Kier alpha value is -6.70. The number of carboxylic acids is 3. The van der Waals surface area contributed by atoms with E-state index < -0.39 is 109 Å². The summed E-state index contributed by atoms with van der Waals surface area (Å²) in [5, 5.41) is 49.7. The Labute approximate surface area is 494 Å². The van der Waals surface area contributed by atoms with Crippen molar-refractivity contribution in [3.8, 4) is 0 Å². The molecule has 6 atom stereocenters. The van der Waals surface area contributed by atoms with Crippen LogP contribution in [0.5, 0.6) is 0 Å². The van der Waals surface area contributed by atoms with Crippen LogP contribution in [-0.4, -0.2) is 148 Å². The maximum atomic E-state index is 12.6. The van der Waals surface area contributed by atoms with Crippen LogP contribution in [0.2, 0.25) is 0 Å². The maximum Gasteiger partial charge on any atom is 3.00 e. The molecule has 0 saturated heterocycles. The molecular formula is C60H87AlN6O15. The van der Waals surface area contributed by atoms with E-state index in [0.717, 1.165) is 36.0 Å². The number of amides is 3. The van der Waals surface area contributed by atoms with Crippen LogP contribution in [0.15, 0.2) is 91.0 Å². The van der Waals surface area contributed by atoms with Crippen molar-refractivity contribution in [1.82, 2.24) is 31.9 Å². The van der Waals surface area contributed by atoms with Crippen LogP contribution in [0.3, 0.4) is 0 Å². The first-order chi connectivity index (χ1) is 37.9. The van der Waals surface area contributed by atoms with Crippen LogP contribution in [0.25, 0.3) is 0 Å². The summed E-state index contributed by atoms with van der Waals surface area (Å²) in [6, 6.07) is 21.9. The number of ether oxygens (including phenoxy) is 3. The van der Waals surface area contributed by atoms with Gasteiger partial charge in [0.15, 0.2) is 0 Å². The number of benzene rings is 3. The van der Waals surface area contributed by atoms with E-state index >= 15 is 0 Å². The first-order valence-corrected chi connectivity index (χ1v) is 26.9. The summed E-state index contributed by atoms with van der Waals surface area (Å²) in [5.74, 6) is -7.49. The molecule has 0 fully saturated rings. The molecule has 0 aromatic heterocycles. The molecule has 0 aliphatic carbocycles. The average molecular weight is 1160 g/mol. The molecule has 0 unspecified atom stereocenters. The van der Waals surface area contributed by atoms with Crippen molar-refractivity contribution in [3.63, 3.8) is 0 Å². The molecule has 3 aromatic carbocycles. The Morgan fingerprint density at radius 3 is 0.756 bits per heavy atom. The SMILES string of the molecule is COC(=O)[C@H](Cc1ccccc1)NC(=O)[C@H](CC(=O)[O-])NCCC(C)(C)C.COC(=O)[C@H](Cc1ccccc1)NC(=O)[C@H](CC(=O)[O-])NCCC(C)(C)C.COC(=O)[C@H](Cc1ccccc1)NC(=O)[C@H](CC(=O)[O-])NCCC(C)(C)C.[Al+3]. The van der Waals surface area contributed by atoms with E-state index in [0.29, 0.717) is 19.6 Å². The molecule has 0 saturated carbocycles. The van der Waals surface area contributed by atoms with E-state index in [1.165, 1.54) is 21.3 Å². The van der Waals surface area contributed by atoms with Crippen molar-refractivity contribution < 1.29 is 72.7 Å². The molecule has 21 nitrogen and oxygen atoms in total. The van der Waals surface area contributed by atoms with Gasteiger partial charge in [-0.05, 0) is 71.8 Å². The van der Waals surface area contributed by atoms with Gasteiger partial charge in [-0.2, -0.15) is 0 Å². The molecule has 0 spiro atoms. The van der Waals surface area contributed by atoms with E-state index in [1.54, 1.807) is 0 Å². The zero-order valence-electron chi connectivity index (χ0n) is 49.8. The molecule has 3 rings (SSSR count). The van der Waals surface area contributed by atoms with Crippen molar-refractivity contribution in [1.29, 1.82) is 0 Å². The molecule has 0 heterocycles. The number of methoxy groups -OCH3 is 3. The number of carboxylic acid groups (broad SMARTS) is 3. The van der Waals surface area contributed by atoms with Crippen LogP contribution in [0, 0.1) is 16.2 Å². The van der Waals surface area contributed by atoms with Crippen LogP contribution in [0.4, 0.5) is 0 Å². The minimum Gasteiger partial charge on any atom is -0.550 e. The van der Waals surface area contributed by atoms with Gasteiger partial charge in [0.2, 0.25) is 17.7 Å². The summed E-state index contributed by atoms with van der Waals surface area (Å²) in [5.41, 5.74) is 2.67. The number of nitrogens with one attached hydrogen (secondary N) is 6. The van der Waals surface area contributed by atoms with Gasteiger partial charge >= 0.3 is 35.3 Å². The van der Waals surface area contributed by atoms with E-state index in [2.05, 4.69) is 94.2 Å². The molecule has 82 heavy (non-hydrogen) atoms. The van der Waals surface area contributed by atoms with E-state index in [-0.39, 0.29) is 52.9 Å². The molecule has 6 N–H and O–H groups in total. The summed E-state index contributed by atoms with van der Waals surface area (Å²) < 4.78 is 14.3. The molecule has 0 aliphatic heterocycles. The first kappa shape index (κ1) is 75.3. The molecule has 0 radical (unpaired) electrons. The molecule has 0 bridgehead atoms. The normalized spacial score (nSPS) is 13.3. The standard InChI is InChI=1S/3C20H30N2O5.Al/c3*1-20(2,3)10-11-21-15(13-17(23)24)18(25)22-16(19(26)27-4)12-14-8-6-5-7-9-14;/h3*5-9,15-16,21H,10-13H2,1-4H3,(H,22,25)(H,23,24);/q;;;+3/p-3/t3*15-,16-;/m000./s1. The predicted octanol–water partition coefficient (Wildman–Crippen LogP) is 0.883. The Morgan fingerprint density at radius 1 is 0.378 bits per heavy atom. The van der Waals surface area contributed by atoms with E-state index in [1.807, 2.05) is 91.0 Å². The van der Waals surface area contributed by atoms with Crippen molar-refractivity contribution in [2.45, 2.75) is 156 Å². The van der Waals surface area contributed by atoms with Gasteiger partial charge in [-0.15, -0.1) is 0 Å². The van der Waals surface area contributed by atoms with Crippen molar-refractivity contribution in [3.05, 3.63) is 108 Å². The number of hydrogen-bond acceptors (Lipinski definition) is 18. The number of aliphatic carboxylic acids is 3. The minimum atomic E-state index is -1.34. The fourth-order valence-electron chi connectivity index (χ4n) is 7.51. The van der Waals surface area contributed by atoms with Gasteiger partial charge in [-0.1, -0.05) is 153 Å². The van der Waals surface area contributed by atoms with Gasteiger partial charge in [-0.25, -0.2) is 14.4 Å². The average Bonchev–Trinajstić information content (AvgIpc) is 3.39. The van der Waals surface area contributed by atoms with Gasteiger partial charge in [0.05, 0.1) is 39.5 Å². The van der Waals surface area contributed by atoms with Crippen LogP contribution in [0.1, 0.15) is 118 Å². The van der Waals surface area contributed by atoms with Crippen molar-refractivity contribution >= 4 is 70.9 Å². The predicted molar refractivity (Wildman–Crippen MR) is 304 cm³/mol. The zero-order chi connectivity index (χ0) is 61.3. The van der Waals surface area contributed by atoms with Crippen molar-refractivity contribution in [2.75, 3.05) is 41.0 Å². The Bertz CT molecular complexity index is 2150. The minimum absolute atomic E-state index is 0. The molecule has 450 valence electrons. The fourth-order valence-corrected chi connectivity index (χ4v) is 7.51. The van der Waals surface area contributed by atoms with Gasteiger partial charge in [0.1, 0.15) is 18.1 Å². The second-order valence-electron chi connectivity index (χ2n) is 23.0. The maximum absolute atomic E-state index is 12.6. The summed E-state index contributed by atoms with van der Waals surface area (Å²) in [6.07, 6.45) is 1.59. The third-order valence-electron chi connectivity index (χ3n) is 12.1. The van der Waals surface area contributed by atoms with E-state index in [9.17, 15) is 58.5 Å². The third-order valence-corrected chi connectivity index (χ3v) is 12.1. The topological polar surface area (TPSA) is 323 Å². The van der Waals surface area contributed by atoms with E-state index in [4.69, 9.17) is 14.2 Å². The molecule has 3 aromatic rings. The second kappa shape index (κ2) is 38.9. The molecule has 22 heteroatoms. The number of carbonyl (C=O) groups excluding carboxylic acids is 9. The second-order valence-corrected chi connectivity index (χ2v) is 23.0. The third kappa shape index (κ3) is 35.2.